The first-order chi connectivity index (χ1) is 12.5. The number of benzene rings is 2. The van der Waals surface area contributed by atoms with Gasteiger partial charge in [0.2, 0.25) is 0 Å². The van der Waals surface area contributed by atoms with Crippen LogP contribution in [0.2, 0.25) is 0 Å². The largest absolute Gasteiger partial charge is 0.497 e. The minimum atomic E-state index is -0.0553. The number of hydrogen-bond acceptors (Lipinski definition) is 3. The highest BCUT2D eigenvalue weighted by molar-refractivity contribution is 6.08. The van der Waals surface area contributed by atoms with E-state index >= 15 is 0 Å². The summed E-state index contributed by atoms with van der Waals surface area (Å²) in [6, 6.07) is 15.9. The van der Waals surface area contributed by atoms with Crippen molar-refractivity contribution in [3.05, 3.63) is 65.4 Å². The maximum absolute atomic E-state index is 12.8. The number of methoxy groups -OCH3 is 1. The number of ether oxygens (including phenoxy) is 1. The number of aryl methyl sites for hydroxylation is 1. The van der Waals surface area contributed by atoms with Gasteiger partial charge in [0, 0.05) is 23.1 Å². The van der Waals surface area contributed by atoms with Crippen molar-refractivity contribution in [3.8, 4) is 5.75 Å². The fourth-order valence-corrected chi connectivity index (χ4v) is 3.27. The number of para-hydroxylation sites is 1. The van der Waals surface area contributed by atoms with Gasteiger partial charge in [-0.1, -0.05) is 30.3 Å². The minimum Gasteiger partial charge on any atom is -0.497 e. The van der Waals surface area contributed by atoms with E-state index in [9.17, 15) is 4.79 Å². The zero-order chi connectivity index (χ0) is 18.7. The Kier molecular flexibility index (Phi) is 5.28. The molecule has 1 unspecified atom stereocenters. The van der Waals surface area contributed by atoms with Crippen molar-refractivity contribution in [2.45, 2.75) is 13.0 Å². The van der Waals surface area contributed by atoms with E-state index in [-0.39, 0.29) is 11.9 Å². The topological polar surface area (TPSA) is 57.4 Å². The van der Waals surface area contributed by atoms with Crippen LogP contribution < -0.4 is 10.1 Å². The van der Waals surface area contributed by atoms with E-state index in [1.54, 1.807) is 7.11 Å². The normalized spacial score (nSPS) is 12.3. The van der Waals surface area contributed by atoms with E-state index in [1.807, 2.05) is 69.6 Å². The number of carbonyl (C=O) groups excluding carboxylic acids is 1. The molecule has 0 aliphatic rings. The van der Waals surface area contributed by atoms with Crippen LogP contribution in [0.5, 0.6) is 5.75 Å². The molecule has 0 aliphatic heterocycles. The summed E-state index contributed by atoms with van der Waals surface area (Å²) in [5.41, 5.74) is 3.71. The van der Waals surface area contributed by atoms with Crippen molar-refractivity contribution >= 4 is 16.8 Å². The molecule has 5 nitrogen and oxygen atoms in total. The lowest BCUT2D eigenvalue weighted by Gasteiger charge is -2.25. The van der Waals surface area contributed by atoms with Crippen molar-refractivity contribution in [3.63, 3.8) is 0 Å². The minimum absolute atomic E-state index is 0.0553. The molecular weight excluding hydrogens is 326 g/mol. The molecule has 1 amide bonds. The maximum Gasteiger partial charge on any atom is 0.253 e. The Hall–Kier alpha value is -2.79. The lowest BCUT2D eigenvalue weighted by Crippen LogP contribution is -2.34. The van der Waals surface area contributed by atoms with Crippen LogP contribution in [0.1, 0.15) is 27.7 Å². The molecule has 0 spiro atoms. The first-order valence-corrected chi connectivity index (χ1v) is 8.67. The van der Waals surface area contributed by atoms with E-state index in [4.69, 9.17) is 4.74 Å². The number of aromatic amines is 1. The zero-order valence-corrected chi connectivity index (χ0v) is 15.7. The Labute approximate surface area is 154 Å². The number of rotatable bonds is 6. The SMILES string of the molecule is COc1ccc(C(CNC(=O)c2c(C)[nH]c3ccccc23)N(C)C)cc1. The maximum atomic E-state index is 12.8. The number of likely N-dealkylation sites (N-methyl/N-ethyl adjacent to an activating group) is 1. The predicted octanol–water partition coefficient (Wildman–Crippen LogP) is 3.52. The molecule has 0 saturated heterocycles. The van der Waals surface area contributed by atoms with Gasteiger partial charge >= 0.3 is 0 Å². The molecule has 5 heteroatoms. The molecule has 2 N–H and O–H groups in total. The van der Waals surface area contributed by atoms with Gasteiger partial charge < -0.3 is 19.9 Å². The number of hydrogen-bond donors (Lipinski definition) is 2. The summed E-state index contributed by atoms with van der Waals surface area (Å²) in [5, 5.41) is 4.05. The molecule has 1 atom stereocenters. The third kappa shape index (κ3) is 3.58. The summed E-state index contributed by atoms with van der Waals surface area (Å²) in [7, 11) is 5.68. The van der Waals surface area contributed by atoms with E-state index in [2.05, 4.69) is 15.2 Å². The number of aromatic nitrogens is 1. The van der Waals surface area contributed by atoms with Crippen LogP contribution in [-0.4, -0.2) is 43.5 Å². The summed E-state index contributed by atoms with van der Waals surface area (Å²) >= 11 is 0. The molecule has 0 saturated carbocycles. The van der Waals surface area contributed by atoms with Crippen LogP contribution in [-0.2, 0) is 0 Å². The summed E-state index contributed by atoms with van der Waals surface area (Å²) in [5.74, 6) is 0.769. The number of H-pyrrole nitrogens is 1. The number of carbonyl (C=O) groups is 1. The number of amides is 1. The second-order valence-corrected chi connectivity index (χ2v) is 6.63. The first kappa shape index (κ1) is 18.0. The monoisotopic (exact) mass is 351 g/mol. The van der Waals surface area contributed by atoms with Crippen molar-refractivity contribution in [2.24, 2.45) is 0 Å². The van der Waals surface area contributed by atoms with Gasteiger partial charge in [0.25, 0.3) is 5.91 Å². The Bertz CT molecular complexity index is 897. The lowest BCUT2D eigenvalue weighted by atomic mass is 10.1. The molecule has 1 aromatic heterocycles. The van der Waals surface area contributed by atoms with E-state index in [0.717, 1.165) is 27.9 Å². The van der Waals surface area contributed by atoms with E-state index in [0.29, 0.717) is 12.1 Å². The fraction of sp³-hybridized carbons (Fsp3) is 0.286. The molecule has 3 aromatic rings. The Balaban J connectivity index is 1.78. The third-order valence-electron chi connectivity index (χ3n) is 4.70. The van der Waals surface area contributed by atoms with Crippen LogP contribution in [0.15, 0.2) is 48.5 Å². The van der Waals surface area contributed by atoms with Crippen molar-refractivity contribution in [1.29, 1.82) is 0 Å². The fourth-order valence-electron chi connectivity index (χ4n) is 3.27. The Morgan fingerprint density at radius 2 is 1.85 bits per heavy atom. The van der Waals surface area contributed by atoms with Crippen LogP contribution in [0.4, 0.5) is 0 Å². The van der Waals surface area contributed by atoms with Gasteiger partial charge in [-0.05, 0) is 44.8 Å². The summed E-state index contributed by atoms with van der Waals surface area (Å²) in [4.78, 5) is 18.2. The molecule has 1 heterocycles. The van der Waals surface area contributed by atoms with Crippen molar-refractivity contribution in [1.82, 2.24) is 15.2 Å². The van der Waals surface area contributed by atoms with E-state index in [1.165, 1.54) is 0 Å². The van der Waals surface area contributed by atoms with Gasteiger partial charge in [0.1, 0.15) is 5.75 Å². The number of fused-ring (bicyclic) bond motifs is 1. The summed E-state index contributed by atoms with van der Waals surface area (Å²) < 4.78 is 5.22. The molecule has 26 heavy (non-hydrogen) atoms. The molecule has 2 aromatic carbocycles. The zero-order valence-electron chi connectivity index (χ0n) is 15.7. The van der Waals surface area contributed by atoms with Crippen LogP contribution in [0, 0.1) is 6.92 Å². The smallest absolute Gasteiger partial charge is 0.253 e. The Morgan fingerprint density at radius 1 is 1.15 bits per heavy atom. The number of nitrogens with one attached hydrogen (secondary N) is 2. The molecule has 136 valence electrons. The van der Waals surface area contributed by atoms with Gasteiger partial charge in [0.15, 0.2) is 0 Å². The average molecular weight is 351 g/mol. The number of nitrogens with zero attached hydrogens (tertiary/aromatic N) is 1. The molecule has 0 fully saturated rings. The standard InChI is InChI=1S/C21H25N3O2/c1-14-20(17-7-5-6-8-18(17)23-14)21(25)22-13-19(24(2)3)15-9-11-16(26-4)12-10-15/h5-12,19,23H,13H2,1-4H3,(H,22,25). The van der Waals surface area contributed by atoms with Crippen LogP contribution in [0.25, 0.3) is 10.9 Å². The molecule has 0 aliphatic carbocycles. The van der Waals surface area contributed by atoms with Crippen LogP contribution >= 0.6 is 0 Å². The molecule has 0 bridgehead atoms. The summed E-state index contributed by atoms with van der Waals surface area (Å²) in [6.07, 6.45) is 0. The highest BCUT2D eigenvalue weighted by Crippen LogP contribution is 2.23. The molecule has 3 rings (SSSR count). The first-order valence-electron chi connectivity index (χ1n) is 8.67. The quantitative estimate of drug-likeness (QED) is 0.714. The van der Waals surface area contributed by atoms with Gasteiger partial charge in [-0.3, -0.25) is 4.79 Å². The van der Waals surface area contributed by atoms with Gasteiger partial charge in [-0.2, -0.15) is 0 Å². The average Bonchev–Trinajstić information content (AvgIpc) is 2.97. The second kappa shape index (κ2) is 7.62. The van der Waals surface area contributed by atoms with Gasteiger partial charge in [-0.25, -0.2) is 0 Å². The highest BCUT2D eigenvalue weighted by Gasteiger charge is 2.19. The van der Waals surface area contributed by atoms with Crippen molar-refractivity contribution in [2.75, 3.05) is 27.7 Å². The Morgan fingerprint density at radius 3 is 2.50 bits per heavy atom. The van der Waals surface area contributed by atoms with Crippen LogP contribution in [0.3, 0.4) is 0 Å². The third-order valence-corrected chi connectivity index (χ3v) is 4.70. The van der Waals surface area contributed by atoms with Gasteiger partial charge in [0.05, 0.1) is 18.7 Å². The predicted molar refractivity (Wildman–Crippen MR) is 105 cm³/mol. The summed E-state index contributed by atoms with van der Waals surface area (Å²) in [6.45, 7) is 2.46. The van der Waals surface area contributed by atoms with Gasteiger partial charge in [-0.15, -0.1) is 0 Å². The van der Waals surface area contributed by atoms with E-state index < -0.39 is 0 Å². The highest BCUT2D eigenvalue weighted by atomic mass is 16.5. The molecule has 0 radical (unpaired) electrons. The molecular formula is C21H25N3O2. The second-order valence-electron chi connectivity index (χ2n) is 6.63. The van der Waals surface area contributed by atoms with Crippen molar-refractivity contribution < 1.29 is 9.53 Å². The lowest BCUT2D eigenvalue weighted by molar-refractivity contribution is 0.0943.